The molecule has 2 aliphatic rings. The van der Waals surface area contributed by atoms with Gasteiger partial charge in [0.25, 0.3) is 0 Å². The van der Waals surface area contributed by atoms with Gasteiger partial charge in [-0.1, -0.05) is 30.3 Å². The number of rotatable bonds is 2. The molecule has 3 nitrogen and oxygen atoms in total. The summed E-state index contributed by atoms with van der Waals surface area (Å²) in [5.41, 5.74) is 1.37. The molecule has 1 spiro atoms. The molecule has 1 atom stereocenters. The molecule has 0 saturated carbocycles. The highest BCUT2D eigenvalue weighted by Gasteiger charge is 2.45. The van der Waals surface area contributed by atoms with Crippen LogP contribution in [0.5, 0.6) is 0 Å². The van der Waals surface area contributed by atoms with E-state index in [1.807, 2.05) is 16.7 Å². The highest BCUT2D eigenvalue weighted by atomic mass is 32.2. The lowest BCUT2D eigenvalue weighted by Gasteiger charge is -2.45. The summed E-state index contributed by atoms with van der Waals surface area (Å²) in [5, 5.41) is 0. The Balaban J connectivity index is 1.75. The van der Waals surface area contributed by atoms with Crippen LogP contribution in [0.3, 0.4) is 0 Å². The van der Waals surface area contributed by atoms with Crippen molar-refractivity contribution in [1.29, 1.82) is 0 Å². The van der Waals surface area contributed by atoms with Gasteiger partial charge >= 0.3 is 0 Å². The van der Waals surface area contributed by atoms with E-state index < -0.39 is 0 Å². The lowest BCUT2D eigenvalue weighted by molar-refractivity contribution is -0.131. The maximum absolute atomic E-state index is 11.7. The van der Waals surface area contributed by atoms with Crippen LogP contribution in [0, 0.1) is 0 Å². The lowest BCUT2D eigenvalue weighted by Crippen LogP contribution is -2.54. The number of hydrogen-bond donors (Lipinski definition) is 0. The predicted molar refractivity (Wildman–Crippen MR) is 83.5 cm³/mol. The fourth-order valence-electron chi connectivity index (χ4n) is 3.31. The van der Waals surface area contributed by atoms with E-state index in [2.05, 4.69) is 35.2 Å². The Morgan fingerprint density at radius 1 is 1.30 bits per heavy atom. The van der Waals surface area contributed by atoms with Crippen molar-refractivity contribution in [2.75, 3.05) is 25.4 Å². The minimum atomic E-state index is 0.153. The molecule has 4 heteroatoms. The quantitative estimate of drug-likeness (QED) is 0.836. The van der Waals surface area contributed by atoms with Crippen molar-refractivity contribution >= 4 is 17.7 Å². The van der Waals surface area contributed by atoms with Crippen molar-refractivity contribution < 1.29 is 4.79 Å². The molecule has 1 aromatic rings. The summed E-state index contributed by atoms with van der Waals surface area (Å²) in [6.07, 6.45) is 2.33. The summed E-state index contributed by atoms with van der Waals surface area (Å²) < 4.78 is 0. The molecule has 1 amide bonds. The molecule has 2 heterocycles. The first kappa shape index (κ1) is 14.0. The van der Waals surface area contributed by atoms with Gasteiger partial charge in [0.15, 0.2) is 0 Å². The lowest BCUT2D eigenvalue weighted by atomic mass is 10.0. The number of thioether (sulfide) groups is 1. The van der Waals surface area contributed by atoms with Gasteiger partial charge < -0.3 is 4.90 Å². The van der Waals surface area contributed by atoms with Crippen LogP contribution in [0.15, 0.2) is 30.3 Å². The Kier molecular flexibility index (Phi) is 4.03. The minimum Gasteiger partial charge on any atom is -0.340 e. The van der Waals surface area contributed by atoms with Gasteiger partial charge in [-0.25, -0.2) is 0 Å². The highest BCUT2D eigenvalue weighted by Crippen LogP contribution is 2.43. The molecule has 3 rings (SSSR count). The Bertz CT molecular complexity index is 479. The second kappa shape index (κ2) is 5.78. The van der Waals surface area contributed by atoms with Crippen molar-refractivity contribution in [3.63, 3.8) is 0 Å². The van der Waals surface area contributed by atoms with Crippen LogP contribution >= 0.6 is 11.8 Å². The fourth-order valence-corrected chi connectivity index (χ4v) is 4.88. The molecule has 2 fully saturated rings. The Hall–Kier alpha value is -1.00. The van der Waals surface area contributed by atoms with Crippen molar-refractivity contribution in [3.05, 3.63) is 35.9 Å². The monoisotopic (exact) mass is 290 g/mol. The van der Waals surface area contributed by atoms with Gasteiger partial charge in [0.1, 0.15) is 0 Å². The van der Waals surface area contributed by atoms with Crippen LogP contribution in [0.1, 0.15) is 25.3 Å². The SMILES string of the molecule is CC(=O)N1CCCC2(C1)SCCN2Cc1ccccc1. The molecule has 1 unspecified atom stereocenters. The normalized spacial score (nSPS) is 27.1. The van der Waals surface area contributed by atoms with Crippen LogP contribution in [0.4, 0.5) is 0 Å². The first-order valence-electron chi connectivity index (χ1n) is 7.38. The average molecular weight is 290 g/mol. The third-order valence-electron chi connectivity index (χ3n) is 4.40. The Morgan fingerprint density at radius 3 is 2.85 bits per heavy atom. The van der Waals surface area contributed by atoms with Crippen molar-refractivity contribution in [2.24, 2.45) is 0 Å². The second-order valence-corrected chi connectivity index (χ2v) is 7.20. The predicted octanol–water partition coefficient (Wildman–Crippen LogP) is 2.57. The van der Waals surface area contributed by atoms with Crippen molar-refractivity contribution in [2.45, 2.75) is 31.2 Å². The topological polar surface area (TPSA) is 23.6 Å². The van der Waals surface area contributed by atoms with Gasteiger partial charge in [-0.15, -0.1) is 11.8 Å². The smallest absolute Gasteiger partial charge is 0.219 e. The van der Waals surface area contributed by atoms with Crippen LogP contribution in [0.2, 0.25) is 0 Å². The highest BCUT2D eigenvalue weighted by molar-refractivity contribution is 8.00. The molecule has 108 valence electrons. The zero-order chi connectivity index (χ0) is 14.0. The third kappa shape index (κ3) is 2.72. The molecule has 0 bridgehead atoms. The van der Waals surface area contributed by atoms with Crippen LogP contribution in [-0.4, -0.2) is 46.0 Å². The zero-order valence-corrected chi connectivity index (χ0v) is 12.9. The summed E-state index contributed by atoms with van der Waals surface area (Å²) in [7, 11) is 0. The van der Waals surface area contributed by atoms with E-state index in [0.29, 0.717) is 0 Å². The van der Waals surface area contributed by atoms with Gasteiger partial charge in [0.2, 0.25) is 5.91 Å². The number of nitrogens with zero attached hydrogens (tertiary/aromatic N) is 2. The first-order valence-corrected chi connectivity index (χ1v) is 8.37. The van der Waals surface area contributed by atoms with E-state index in [-0.39, 0.29) is 10.8 Å². The number of hydrogen-bond acceptors (Lipinski definition) is 3. The number of likely N-dealkylation sites (tertiary alicyclic amines) is 1. The largest absolute Gasteiger partial charge is 0.340 e. The second-order valence-electron chi connectivity index (χ2n) is 5.75. The van der Waals surface area contributed by atoms with Gasteiger partial charge in [0, 0.05) is 38.9 Å². The number of amides is 1. The molecular formula is C16H22N2OS. The Morgan fingerprint density at radius 2 is 2.10 bits per heavy atom. The van der Waals surface area contributed by atoms with Crippen molar-refractivity contribution in [3.8, 4) is 0 Å². The summed E-state index contributed by atoms with van der Waals surface area (Å²) in [4.78, 5) is 16.5. The molecule has 0 aliphatic carbocycles. The molecule has 20 heavy (non-hydrogen) atoms. The number of carbonyl (C=O) groups is 1. The van der Waals surface area contributed by atoms with Gasteiger partial charge in [-0.3, -0.25) is 9.69 Å². The fraction of sp³-hybridized carbons (Fsp3) is 0.562. The summed E-state index contributed by atoms with van der Waals surface area (Å²) >= 11 is 2.05. The maximum atomic E-state index is 11.7. The summed E-state index contributed by atoms with van der Waals surface area (Å²) in [5.74, 6) is 1.40. The molecule has 0 aromatic heterocycles. The summed E-state index contributed by atoms with van der Waals surface area (Å²) in [6, 6.07) is 10.7. The molecule has 2 aliphatic heterocycles. The third-order valence-corrected chi connectivity index (χ3v) is 5.92. The van der Waals surface area contributed by atoms with E-state index in [9.17, 15) is 4.79 Å². The standard InChI is InChI=1S/C16H22N2OS/c1-14(19)17-9-5-8-16(13-17)18(10-11-20-16)12-15-6-3-2-4-7-15/h2-4,6-7H,5,8-13H2,1H3. The van der Waals surface area contributed by atoms with Crippen molar-refractivity contribution in [1.82, 2.24) is 9.80 Å². The van der Waals surface area contributed by atoms with Crippen LogP contribution in [-0.2, 0) is 11.3 Å². The van der Waals surface area contributed by atoms with E-state index >= 15 is 0 Å². The van der Waals surface area contributed by atoms with Crippen LogP contribution in [0.25, 0.3) is 0 Å². The Labute approximate surface area is 125 Å². The van der Waals surface area contributed by atoms with Gasteiger partial charge in [-0.05, 0) is 18.4 Å². The molecule has 2 saturated heterocycles. The zero-order valence-electron chi connectivity index (χ0n) is 12.0. The number of piperidine rings is 1. The average Bonchev–Trinajstić information content (AvgIpc) is 2.82. The minimum absolute atomic E-state index is 0.153. The van der Waals surface area contributed by atoms with E-state index in [0.717, 1.165) is 32.6 Å². The van der Waals surface area contributed by atoms with E-state index in [4.69, 9.17) is 0 Å². The summed E-state index contributed by atoms with van der Waals surface area (Å²) in [6.45, 7) is 5.64. The number of benzene rings is 1. The molecule has 1 aromatic carbocycles. The first-order chi connectivity index (χ1) is 9.70. The molecule has 0 radical (unpaired) electrons. The number of carbonyl (C=O) groups excluding carboxylic acids is 1. The van der Waals surface area contributed by atoms with Gasteiger partial charge in [-0.2, -0.15) is 0 Å². The van der Waals surface area contributed by atoms with Gasteiger partial charge in [0.05, 0.1) is 4.87 Å². The van der Waals surface area contributed by atoms with E-state index in [1.165, 1.54) is 17.7 Å². The molecular weight excluding hydrogens is 268 g/mol. The van der Waals surface area contributed by atoms with Crippen LogP contribution < -0.4 is 0 Å². The maximum Gasteiger partial charge on any atom is 0.219 e. The molecule has 0 N–H and O–H groups in total. The van der Waals surface area contributed by atoms with E-state index in [1.54, 1.807) is 6.92 Å².